The van der Waals surface area contributed by atoms with E-state index < -0.39 is 98.5 Å². The van der Waals surface area contributed by atoms with Gasteiger partial charge in [-0.15, -0.1) is 0 Å². The van der Waals surface area contributed by atoms with Gasteiger partial charge in [0.05, 0.1) is 25.4 Å². The van der Waals surface area contributed by atoms with Gasteiger partial charge in [0.1, 0.15) is 42.7 Å². The van der Waals surface area contributed by atoms with Crippen molar-refractivity contribution in [3.05, 3.63) is 0 Å². The first-order chi connectivity index (χ1) is 14.9. The molecule has 10 N–H and O–H groups in total. The molecule has 2 saturated heterocycles. The predicted octanol–water partition coefficient (Wildman–Crippen LogP) is -6.05. The van der Waals surface area contributed by atoms with Crippen molar-refractivity contribution in [2.24, 2.45) is 0 Å². The second-order valence-corrected chi connectivity index (χ2v) is 7.69. The SMILES string of the molecule is CC(=O)N[C@H]1[C@H]([C@H](O)[C@H](O)CO)O[C@@](O[C@H]2C(O)O[C@H](CO)[C@H](O)[C@@H]2O)(C(=O)O)C[C@@H]1O. The van der Waals surface area contributed by atoms with Gasteiger partial charge in [0.25, 0.3) is 5.79 Å². The lowest BCUT2D eigenvalue weighted by Gasteiger charge is -2.49. The molecule has 2 heterocycles. The molecule has 0 aliphatic carbocycles. The Kier molecular flexibility index (Phi) is 8.88. The molecule has 0 radical (unpaired) electrons. The summed E-state index contributed by atoms with van der Waals surface area (Å²) in [6, 6.07) is -1.44. The molecule has 2 fully saturated rings. The molecular weight excluding hydrogens is 442 g/mol. The molecule has 2 aliphatic heterocycles. The summed E-state index contributed by atoms with van der Waals surface area (Å²) < 4.78 is 15.5. The van der Waals surface area contributed by atoms with E-state index in [1.165, 1.54) is 0 Å². The number of ether oxygens (including phenoxy) is 3. The molecule has 0 saturated carbocycles. The van der Waals surface area contributed by atoms with Crippen LogP contribution in [0.5, 0.6) is 0 Å². The summed E-state index contributed by atoms with van der Waals surface area (Å²) in [4.78, 5) is 23.6. The zero-order valence-electron chi connectivity index (χ0n) is 17.0. The van der Waals surface area contributed by atoms with Gasteiger partial charge in [-0.2, -0.15) is 0 Å². The summed E-state index contributed by atoms with van der Waals surface area (Å²) in [5, 5.41) is 91.4. The van der Waals surface area contributed by atoms with E-state index in [1.54, 1.807) is 0 Å². The summed E-state index contributed by atoms with van der Waals surface area (Å²) in [7, 11) is 0. The maximum absolute atomic E-state index is 12.1. The first-order valence-corrected chi connectivity index (χ1v) is 9.70. The molecule has 0 aromatic carbocycles. The molecule has 32 heavy (non-hydrogen) atoms. The van der Waals surface area contributed by atoms with Crippen LogP contribution in [0.3, 0.4) is 0 Å². The van der Waals surface area contributed by atoms with Crippen molar-refractivity contribution < 1.29 is 69.8 Å². The van der Waals surface area contributed by atoms with E-state index in [9.17, 15) is 45.3 Å². The lowest BCUT2D eigenvalue weighted by atomic mass is 9.88. The van der Waals surface area contributed by atoms with Gasteiger partial charge >= 0.3 is 5.97 Å². The van der Waals surface area contributed by atoms with E-state index in [-0.39, 0.29) is 0 Å². The fourth-order valence-electron chi connectivity index (χ4n) is 3.67. The van der Waals surface area contributed by atoms with Gasteiger partial charge in [-0.05, 0) is 0 Å². The van der Waals surface area contributed by atoms with Crippen LogP contribution < -0.4 is 5.32 Å². The van der Waals surface area contributed by atoms with Crippen molar-refractivity contribution in [3.8, 4) is 0 Å². The van der Waals surface area contributed by atoms with Crippen LogP contribution in [0.4, 0.5) is 0 Å². The van der Waals surface area contributed by atoms with Crippen molar-refractivity contribution in [1.29, 1.82) is 0 Å². The first kappa shape index (κ1) is 26.7. The molecule has 15 heteroatoms. The molecule has 0 bridgehead atoms. The van der Waals surface area contributed by atoms with Crippen LogP contribution in [0.25, 0.3) is 0 Å². The molecule has 11 atom stereocenters. The highest BCUT2D eigenvalue weighted by Crippen LogP contribution is 2.36. The Morgan fingerprint density at radius 2 is 1.78 bits per heavy atom. The van der Waals surface area contributed by atoms with Crippen LogP contribution in [0.15, 0.2) is 0 Å². The van der Waals surface area contributed by atoms with Gasteiger partial charge < -0.3 is 65.5 Å². The highest BCUT2D eigenvalue weighted by molar-refractivity contribution is 5.76. The number of amides is 1. The lowest BCUT2D eigenvalue weighted by molar-refractivity contribution is -0.372. The average Bonchev–Trinajstić information content (AvgIpc) is 2.73. The Morgan fingerprint density at radius 3 is 2.28 bits per heavy atom. The topological polar surface area (TPSA) is 256 Å². The molecular formula is C17H29NO14. The number of carboxylic acids is 1. The van der Waals surface area contributed by atoms with Crippen molar-refractivity contribution in [3.63, 3.8) is 0 Å². The zero-order valence-corrected chi connectivity index (χ0v) is 17.0. The normalized spacial score (nSPS) is 42.2. The Hall–Kier alpha value is -1.50. The molecule has 1 amide bonds. The van der Waals surface area contributed by atoms with Crippen molar-refractivity contribution >= 4 is 11.9 Å². The van der Waals surface area contributed by atoms with Crippen LogP contribution in [0.1, 0.15) is 13.3 Å². The summed E-state index contributed by atoms with van der Waals surface area (Å²) in [6.07, 6.45) is -17.5. The Morgan fingerprint density at radius 1 is 1.16 bits per heavy atom. The summed E-state index contributed by atoms with van der Waals surface area (Å²) in [6.45, 7) is -0.695. The molecule has 0 aromatic heterocycles. The fraction of sp³-hybridized carbons (Fsp3) is 0.882. The highest BCUT2D eigenvalue weighted by atomic mass is 16.8. The Balaban J connectivity index is 2.39. The van der Waals surface area contributed by atoms with E-state index >= 15 is 0 Å². The number of rotatable bonds is 8. The number of carbonyl (C=O) groups excluding carboxylic acids is 1. The standard InChI is InChI=1S/C17H29NO14/c1-5(21)18-9-6(22)2-17(16(28)29,31-13(9)10(24)7(23)3-19)32-14-12(26)11(25)8(4-20)30-15(14)27/h6-15,19-20,22-27H,2-4H2,1H3,(H,18,21)(H,28,29)/t6-,7+,8+,9+,10+,11-,12-,13+,14+,15?,17-/m0/s1. The molecule has 0 aromatic rings. The van der Waals surface area contributed by atoms with Crippen molar-refractivity contribution in [1.82, 2.24) is 5.32 Å². The monoisotopic (exact) mass is 471 g/mol. The van der Waals surface area contributed by atoms with Crippen LogP contribution >= 0.6 is 0 Å². The largest absolute Gasteiger partial charge is 0.477 e. The predicted molar refractivity (Wildman–Crippen MR) is 97.4 cm³/mol. The van der Waals surface area contributed by atoms with Gasteiger partial charge in [-0.3, -0.25) is 4.79 Å². The minimum Gasteiger partial charge on any atom is -0.477 e. The summed E-state index contributed by atoms with van der Waals surface area (Å²) in [5.74, 6) is -5.44. The maximum atomic E-state index is 12.1. The summed E-state index contributed by atoms with van der Waals surface area (Å²) >= 11 is 0. The maximum Gasteiger partial charge on any atom is 0.364 e. The Bertz CT molecular complexity index is 665. The van der Waals surface area contributed by atoms with Gasteiger partial charge in [-0.1, -0.05) is 0 Å². The smallest absolute Gasteiger partial charge is 0.364 e. The van der Waals surface area contributed by atoms with Gasteiger partial charge in [-0.25, -0.2) is 4.79 Å². The molecule has 15 nitrogen and oxygen atoms in total. The third kappa shape index (κ3) is 5.35. The zero-order chi connectivity index (χ0) is 24.4. The number of hydrogen-bond donors (Lipinski definition) is 10. The Labute approximate surface area is 181 Å². The molecule has 186 valence electrons. The number of carbonyl (C=O) groups is 2. The van der Waals surface area contributed by atoms with Crippen LogP contribution in [-0.4, -0.2) is 138 Å². The van der Waals surface area contributed by atoms with Crippen LogP contribution in [0, 0.1) is 0 Å². The number of nitrogens with one attached hydrogen (secondary N) is 1. The van der Waals surface area contributed by atoms with Crippen LogP contribution in [0.2, 0.25) is 0 Å². The molecule has 2 aliphatic rings. The third-order valence-corrected chi connectivity index (χ3v) is 5.36. The van der Waals surface area contributed by atoms with Crippen molar-refractivity contribution in [2.75, 3.05) is 13.2 Å². The number of aliphatic carboxylic acids is 1. The average molecular weight is 471 g/mol. The second kappa shape index (κ2) is 10.6. The van der Waals surface area contributed by atoms with Crippen LogP contribution in [-0.2, 0) is 23.8 Å². The quantitative estimate of drug-likeness (QED) is 0.158. The van der Waals surface area contributed by atoms with E-state index in [0.717, 1.165) is 6.92 Å². The number of carboxylic acid groups (broad SMARTS) is 1. The summed E-state index contributed by atoms with van der Waals surface area (Å²) in [5.41, 5.74) is 0. The lowest BCUT2D eigenvalue weighted by Crippen LogP contribution is -2.70. The first-order valence-electron chi connectivity index (χ1n) is 9.70. The highest BCUT2D eigenvalue weighted by Gasteiger charge is 2.59. The number of hydrogen-bond acceptors (Lipinski definition) is 13. The molecule has 2 rings (SSSR count). The van der Waals surface area contributed by atoms with Crippen molar-refractivity contribution in [2.45, 2.75) is 80.3 Å². The van der Waals surface area contributed by atoms with Gasteiger partial charge in [0.15, 0.2) is 6.29 Å². The number of aliphatic hydroxyl groups is 8. The van der Waals surface area contributed by atoms with E-state index in [1.807, 2.05) is 0 Å². The van der Waals surface area contributed by atoms with E-state index in [4.69, 9.17) is 24.4 Å². The second-order valence-electron chi connectivity index (χ2n) is 7.69. The van der Waals surface area contributed by atoms with Gasteiger partial charge in [0, 0.05) is 13.3 Å². The van der Waals surface area contributed by atoms with E-state index in [2.05, 4.69) is 5.32 Å². The molecule has 0 spiro atoms. The number of aliphatic hydroxyl groups excluding tert-OH is 8. The van der Waals surface area contributed by atoms with Gasteiger partial charge in [0.2, 0.25) is 5.91 Å². The minimum absolute atomic E-state index is 0.693. The molecule has 1 unspecified atom stereocenters. The minimum atomic E-state index is -2.86. The fourth-order valence-corrected chi connectivity index (χ4v) is 3.67. The third-order valence-electron chi connectivity index (χ3n) is 5.36. The van der Waals surface area contributed by atoms with E-state index in [0.29, 0.717) is 0 Å².